The number of hydrogen-bond donors (Lipinski definition) is 2. The first-order chi connectivity index (χ1) is 13.6. The van der Waals surface area contributed by atoms with Crippen molar-refractivity contribution in [1.82, 2.24) is 15.2 Å². The van der Waals surface area contributed by atoms with Crippen molar-refractivity contribution < 1.29 is 23.1 Å². The van der Waals surface area contributed by atoms with Gasteiger partial charge in [-0.3, -0.25) is 9.78 Å². The molecule has 1 unspecified atom stereocenters. The minimum absolute atomic E-state index is 0.117. The summed E-state index contributed by atoms with van der Waals surface area (Å²) in [6.07, 6.45) is -1.63. The lowest BCUT2D eigenvalue weighted by Crippen LogP contribution is -2.60. The van der Waals surface area contributed by atoms with Crippen LogP contribution in [0.1, 0.15) is 51.9 Å². The first-order valence-electron chi connectivity index (χ1n) is 10.3. The van der Waals surface area contributed by atoms with Crippen LogP contribution in [0.15, 0.2) is 24.5 Å². The number of aliphatic hydroxyl groups is 1. The third-order valence-corrected chi connectivity index (χ3v) is 5.54. The van der Waals surface area contributed by atoms with Crippen LogP contribution in [-0.2, 0) is 0 Å². The summed E-state index contributed by atoms with van der Waals surface area (Å²) in [5.41, 5.74) is -2.27. The lowest BCUT2D eigenvalue weighted by Gasteiger charge is -2.44. The standard InChI is InChI=1S/C17H22F3N3O2.2C2H6/c1-10-8-23(15(24)11-3-5-21-6-4-11)9-12-7-22-14(13(10)12)16(2,25)17(18,19)20;2*1-2/h3-6,10,12-14,22,25H,7-9H2,1-2H3;2*1-2H3/t10-,12?,13+,14-,16+;;/m0../s1. The summed E-state index contributed by atoms with van der Waals surface area (Å²) in [7, 11) is 0. The summed E-state index contributed by atoms with van der Waals surface area (Å²) in [5.74, 6) is -0.747. The fourth-order valence-corrected chi connectivity index (χ4v) is 4.22. The number of amides is 1. The van der Waals surface area contributed by atoms with Crippen molar-refractivity contribution in [3.05, 3.63) is 30.1 Å². The summed E-state index contributed by atoms with van der Waals surface area (Å²) in [6.45, 7) is 11.8. The Morgan fingerprint density at radius 1 is 1.17 bits per heavy atom. The summed E-state index contributed by atoms with van der Waals surface area (Å²) < 4.78 is 39.7. The number of nitrogens with zero attached hydrogens (tertiary/aromatic N) is 2. The molecular formula is C21H34F3N3O2. The minimum atomic E-state index is -4.71. The number of pyridine rings is 1. The Kier molecular flexibility index (Phi) is 9.09. The molecule has 0 aliphatic carbocycles. The Morgan fingerprint density at radius 3 is 2.24 bits per heavy atom. The monoisotopic (exact) mass is 417 g/mol. The highest BCUT2D eigenvalue weighted by Crippen LogP contribution is 2.44. The molecule has 1 amide bonds. The van der Waals surface area contributed by atoms with Crippen LogP contribution in [-0.4, -0.2) is 58.4 Å². The molecule has 0 spiro atoms. The summed E-state index contributed by atoms with van der Waals surface area (Å²) in [4.78, 5) is 18.2. The molecule has 2 fully saturated rings. The average molecular weight is 418 g/mol. The number of alkyl halides is 3. The van der Waals surface area contributed by atoms with Crippen LogP contribution < -0.4 is 5.32 Å². The third kappa shape index (κ3) is 5.28. The molecule has 166 valence electrons. The van der Waals surface area contributed by atoms with Crippen LogP contribution in [0.2, 0.25) is 0 Å². The molecule has 2 N–H and O–H groups in total. The van der Waals surface area contributed by atoms with E-state index in [9.17, 15) is 23.1 Å². The molecule has 1 aromatic rings. The number of hydrogen-bond acceptors (Lipinski definition) is 4. The molecule has 2 aliphatic rings. The Balaban J connectivity index is 0.000000989. The Bertz CT molecular complexity index is 638. The lowest BCUT2D eigenvalue weighted by molar-refractivity contribution is -0.267. The Labute approximate surface area is 171 Å². The van der Waals surface area contributed by atoms with E-state index in [1.165, 1.54) is 12.4 Å². The van der Waals surface area contributed by atoms with Crippen LogP contribution in [0.3, 0.4) is 0 Å². The molecular weight excluding hydrogens is 383 g/mol. The number of fused-ring (bicyclic) bond motifs is 1. The van der Waals surface area contributed by atoms with Crippen molar-refractivity contribution in [3.8, 4) is 0 Å². The van der Waals surface area contributed by atoms with Crippen LogP contribution in [0, 0.1) is 17.8 Å². The van der Waals surface area contributed by atoms with Gasteiger partial charge in [-0.1, -0.05) is 34.6 Å². The second-order valence-electron chi connectivity index (χ2n) is 7.29. The van der Waals surface area contributed by atoms with E-state index in [-0.39, 0.29) is 23.7 Å². The number of halogens is 3. The molecule has 3 rings (SSSR count). The van der Waals surface area contributed by atoms with E-state index in [0.29, 0.717) is 25.2 Å². The van der Waals surface area contributed by atoms with Crippen molar-refractivity contribution in [1.29, 1.82) is 0 Å². The first-order valence-corrected chi connectivity index (χ1v) is 10.3. The topological polar surface area (TPSA) is 65.5 Å². The van der Waals surface area contributed by atoms with Crippen LogP contribution in [0.4, 0.5) is 13.2 Å². The van der Waals surface area contributed by atoms with Gasteiger partial charge in [0.05, 0.1) is 0 Å². The maximum absolute atomic E-state index is 13.2. The molecule has 5 atom stereocenters. The van der Waals surface area contributed by atoms with Gasteiger partial charge >= 0.3 is 6.18 Å². The summed E-state index contributed by atoms with van der Waals surface area (Å²) in [6, 6.07) is 2.19. The van der Waals surface area contributed by atoms with Gasteiger partial charge in [-0.2, -0.15) is 13.2 Å². The molecule has 8 heteroatoms. The van der Waals surface area contributed by atoms with E-state index < -0.39 is 17.8 Å². The molecule has 2 saturated heterocycles. The molecule has 0 aromatic carbocycles. The Morgan fingerprint density at radius 2 is 1.72 bits per heavy atom. The van der Waals surface area contributed by atoms with Gasteiger partial charge in [-0.15, -0.1) is 0 Å². The number of carbonyl (C=O) groups excluding carboxylic acids is 1. The van der Waals surface area contributed by atoms with Gasteiger partial charge in [0, 0.05) is 43.6 Å². The number of carbonyl (C=O) groups is 1. The Hall–Kier alpha value is -1.67. The fraction of sp³-hybridized carbons (Fsp3) is 0.714. The van der Waals surface area contributed by atoms with Crippen LogP contribution in [0.5, 0.6) is 0 Å². The quantitative estimate of drug-likeness (QED) is 0.769. The number of nitrogens with one attached hydrogen (secondary N) is 1. The molecule has 2 aliphatic heterocycles. The van der Waals surface area contributed by atoms with Gasteiger partial charge in [0.25, 0.3) is 5.91 Å². The zero-order valence-electron chi connectivity index (χ0n) is 18.1. The molecule has 0 radical (unpaired) electrons. The van der Waals surface area contributed by atoms with Crippen LogP contribution >= 0.6 is 0 Å². The normalized spacial score (nSPS) is 28.1. The second-order valence-corrected chi connectivity index (χ2v) is 7.29. The van der Waals surface area contributed by atoms with Gasteiger partial charge < -0.3 is 15.3 Å². The molecule has 5 nitrogen and oxygen atoms in total. The maximum Gasteiger partial charge on any atom is 0.418 e. The zero-order chi connectivity index (χ0) is 22.4. The van der Waals surface area contributed by atoms with Crippen molar-refractivity contribution in [3.63, 3.8) is 0 Å². The lowest BCUT2D eigenvalue weighted by atomic mass is 9.72. The van der Waals surface area contributed by atoms with Gasteiger partial charge in [-0.25, -0.2) is 0 Å². The molecule has 29 heavy (non-hydrogen) atoms. The SMILES string of the molecule is CC.CC.C[C@H]1CN(C(=O)c2ccncc2)CC2CN[C@H]([C@@](C)(O)C(F)(F)F)[C@@H]21. The smallest absolute Gasteiger partial charge is 0.379 e. The first kappa shape index (κ1) is 25.4. The highest BCUT2D eigenvalue weighted by Gasteiger charge is 2.61. The van der Waals surface area contributed by atoms with Crippen molar-refractivity contribution in [2.75, 3.05) is 19.6 Å². The van der Waals surface area contributed by atoms with Crippen molar-refractivity contribution in [2.24, 2.45) is 17.8 Å². The van der Waals surface area contributed by atoms with E-state index in [4.69, 9.17) is 0 Å². The zero-order valence-corrected chi connectivity index (χ0v) is 18.1. The van der Waals surface area contributed by atoms with Gasteiger partial charge in [0.15, 0.2) is 5.60 Å². The predicted octanol–water partition coefficient (Wildman–Crippen LogP) is 3.74. The third-order valence-electron chi connectivity index (χ3n) is 5.54. The molecule has 3 heterocycles. The van der Waals surface area contributed by atoms with Gasteiger partial charge in [0.1, 0.15) is 0 Å². The van der Waals surface area contributed by atoms with Crippen molar-refractivity contribution in [2.45, 2.75) is 59.4 Å². The number of piperidine rings is 1. The number of aromatic nitrogens is 1. The van der Waals surface area contributed by atoms with Gasteiger partial charge in [-0.05, 0) is 36.8 Å². The molecule has 0 saturated carbocycles. The van der Waals surface area contributed by atoms with E-state index in [1.54, 1.807) is 17.0 Å². The number of likely N-dealkylation sites (tertiary alicyclic amines) is 1. The highest BCUT2D eigenvalue weighted by atomic mass is 19.4. The van der Waals surface area contributed by atoms with E-state index in [1.807, 2.05) is 34.6 Å². The number of rotatable bonds is 2. The molecule has 0 bridgehead atoms. The minimum Gasteiger partial charge on any atom is -0.379 e. The van der Waals surface area contributed by atoms with E-state index >= 15 is 0 Å². The predicted molar refractivity (Wildman–Crippen MR) is 107 cm³/mol. The van der Waals surface area contributed by atoms with E-state index in [2.05, 4.69) is 10.3 Å². The second kappa shape index (κ2) is 10.4. The maximum atomic E-state index is 13.2. The van der Waals surface area contributed by atoms with Gasteiger partial charge in [0.2, 0.25) is 0 Å². The highest BCUT2D eigenvalue weighted by molar-refractivity contribution is 5.94. The van der Waals surface area contributed by atoms with Crippen LogP contribution in [0.25, 0.3) is 0 Å². The summed E-state index contributed by atoms with van der Waals surface area (Å²) >= 11 is 0. The van der Waals surface area contributed by atoms with E-state index in [0.717, 1.165) is 6.92 Å². The summed E-state index contributed by atoms with van der Waals surface area (Å²) in [5, 5.41) is 12.9. The van der Waals surface area contributed by atoms with Crippen molar-refractivity contribution >= 4 is 5.91 Å². The fourth-order valence-electron chi connectivity index (χ4n) is 4.22. The average Bonchev–Trinajstić information content (AvgIpc) is 3.16. The molecule has 1 aromatic heterocycles. The largest absolute Gasteiger partial charge is 0.418 e.